The minimum Gasteiger partial charge on any atom is -0.385 e. The average molecular weight is 349 g/mol. The van der Waals surface area contributed by atoms with Gasteiger partial charge in [-0.3, -0.25) is 4.90 Å². The number of aromatic nitrogens is 3. The molecule has 24 heavy (non-hydrogen) atoms. The summed E-state index contributed by atoms with van der Waals surface area (Å²) in [4.78, 5) is 12.7. The minimum atomic E-state index is -0.456. The average Bonchev–Trinajstić information content (AvgIpc) is 3.16. The van der Waals surface area contributed by atoms with Gasteiger partial charge in [-0.2, -0.15) is 0 Å². The summed E-state index contributed by atoms with van der Waals surface area (Å²) >= 11 is 1.83. The number of piperidine rings is 1. The molecule has 0 amide bonds. The zero-order valence-electron chi connectivity index (χ0n) is 15.1. The number of rotatable bonds is 4. The highest BCUT2D eigenvalue weighted by Crippen LogP contribution is 2.31. The summed E-state index contributed by atoms with van der Waals surface area (Å²) in [7, 11) is 1.94. The lowest BCUT2D eigenvalue weighted by atomic mass is 9.90. The van der Waals surface area contributed by atoms with Crippen LogP contribution >= 0.6 is 11.3 Å². The summed E-state index contributed by atoms with van der Waals surface area (Å²) in [5.41, 5.74) is 0.127. The highest BCUT2D eigenvalue weighted by Gasteiger charge is 2.28. The Bertz CT molecular complexity index is 665. The fraction of sp³-hybridized carbons (Fsp3) is 0.667. The number of nitrogens with zero attached hydrogens (tertiary/aromatic N) is 4. The zero-order chi connectivity index (χ0) is 17.3. The Morgan fingerprint density at radius 1 is 1.29 bits per heavy atom. The van der Waals surface area contributed by atoms with Gasteiger partial charge in [0.05, 0.1) is 5.01 Å². The van der Waals surface area contributed by atoms with Gasteiger partial charge in [-0.15, -0.1) is 11.3 Å². The van der Waals surface area contributed by atoms with Gasteiger partial charge >= 0.3 is 0 Å². The van der Waals surface area contributed by atoms with Gasteiger partial charge in [0.1, 0.15) is 11.9 Å². The number of aliphatic hydroxyl groups is 1. The smallest absolute Gasteiger partial charge is 0.137 e. The molecule has 3 rings (SSSR count). The van der Waals surface area contributed by atoms with Gasteiger partial charge in [0.25, 0.3) is 0 Å². The molecule has 6 heteroatoms. The summed E-state index contributed by atoms with van der Waals surface area (Å²) in [5.74, 6) is 1.08. The predicted octanol–water partition coefficient (Wildman–Crippen LogP) is 3.12. The molecule has 0 aliphatic carbocycles. The van der Waals surface area contributed by atoms with Crippen LogP contribution in [0.2, 0.25) is 0 Å². The molecule has 5 nitrogen and oxygen atoms in total. The molecule has 2 aromatic heterocycles. The molecule has 1 N–H and O–H groups in total. The number of hydrogen-bond acceptors (Lipinski definition) is 5. The van der Waals surface area contributed by atoms with E-state index in [1.807, 2.05) is 35.3 Å². The molecule has 1 saturated heterocycles. The third kappa shape index (κ3) is 3.87. The van der Waals surface area contributed by atoms with Crippen LogP contribution in [0.3, 0.4) is 0 Å². The van der Waals surface area contributed by atoms with Crippen molar-refractivity contribution < 1.29 is 5.11 Å². The number of thiazole rings is 1. The number of imidazole rings is 1. The molecular formula is C18H28N4OS. The van der Waals surface area contributed by atoms with E-state index in [9.17, 15) is 5.11 Å². The molecule has 1 unspecified atom stereocenters. The summed E-state index contributed by atoms with van der Waals surface area (Å²) in [6.07, 6.45) is 7.25. The maximum absolute atomic E-state index is 10.6. The lowest BCUT2D eigenvalue weighted by Gasteiger charge is -2.33. The van der Waals surface area contributed by atoms with Crippen LogP contribution < -0.4 is 0 Å². The van der Waals surface area contributed by atoms with Crippen molar-refractivity contribution in [3.8, 4) is 0 Å². The van der Waals surface area contributed by atoms with Crippen molar-refractivity contribution in [2.24, 2.45) is 13.0 Å². The van der Waals surface area contributed by atoms with Crippen LogP contribution in [0.25, 0.3) is 0 Å². The summed E-state index contributed by atoms with van der Waals surface area (Å²) in [5, 5.41) is 11.8. The van der Waals surface area contributed by atoms with E-state index >= 15 is 0 Å². The van der Waals surface area contributed by atoms with E-state index in [0.29, 0.717) is 5.92 Å². The first-order chi connectivity index (χ1) is 11.3. The molecule has 132 valence electrons. The van der Waals surface area contributed by atoms with Crippen LogP contribution in [0, 0.1) is 5.92 Å². The molecule has 0 bridgehead atoms. The first-order valence-electron chi connectivity index (χ1n) is 8.67. The van der Waals surface area contributed by atoms with Gasteiger partial charge in [0.2, 0.25) is 0 Å². The Balaban J connectivity index is 1.54. The third-order valence-electron chi connectivity index (χ3n) is 4.78. The molecule has 1 fully saturated rings. The predicted molar refractivity (Wildman–Crippen MR) is 97.0 cm³/mol. The van der Waals surface area contributed by atoms with Crippen LogP contribution in [-0.4, -0.2) is 37.6 Å². The molecular weight excluding hydrogens is 320 g/mol. The molecule has 1 aliphatic rings. The lowest BCUT2D eigenvalue weighted by molar-refractivity contribution is 0.0494. The Kier molecular flexibility index (Phi) is 5.08. The molecule has 0 spiro atoms. The molecule has 1 aliphatic heterocycles. The van der Waals surface area contributed by atoms with E-state index in [2.05, 4.69) is 35.6 Å². The van der Waals surface area contributed by atoms with Gasteiger partial charge in [0.15, 0.2) is 0 Å². The maximum Gasteiger partial charge on any atom is 0.137 e. The van der Waals surface area contributed by atoms with E-state index < -0.39 is 6.10 Å². The van der Waals surface area contributed by atoms with Gasteiger partial charge in [-0.25, -0.2) is 9.97 Å². The highest BCUT2D eigenvalue weighted by molar-refractivity contribution is 7.11. The number of hydrogen-bond donors (Lipinski definition) is 1. The third-order valence-corrected chi connectivity index (χ3v) is 6.18. The molecule has 0 saturated carbocycles. The minimum absolute atomic E-state index is 0.127. The second kappa shape index (κ2) is 6.94. The van der Waals surface area contributed by atoms with Gasteiger partial charge in [-0.05, 0) is 31.8 Å². The van der Waals surface area contributed by atoms with Crippen LogP contribution in [0.1, 0.15) is 55.4 Å². The van der Waals surface area contributed by atoms with Crippen LogP contribution in [0.15, 0.2) is 18.6 Å². The summed E-state index contributed by atoms with van der Waals surface area (Å²) < 4.78 is 1.92. The van der Waals surface area contributed by atoms with Gasteiger partial charge in [-0.1, -0.05) is 20.8 Å². The van der Waals surface area contributed by atoms with Crippen LogP contribution in [0.5, 0.6) is 0 Å². The standard InChI is InChI=1S/C18H28N4OS/c1-18(2,3)17-20-11-14(24-17)12-22-8-5-13(6-9-22)15(23)16-19-7-10-21(16)4/h7,10-11,13,15,23H,5-6,8-9,12H2,1-4H3. The van der Waals surface area contributed by atoms with Crippen molar-refractivity contribution in [3.63, 3.8) is 0 Å². The topological polar surface area (TPSA) is 54.2 Å². The normalized spacial score (nSPS) is 18.9. The van der Waals surface area contributed by atoms with E-state index in [-0.39, 0.29) is 5.41 Å². The Morgan fingerprint density at radius 3 is 2.54 bits per heavy atom. The first-order valence-corrected chi connectivity index (χ1v) is 9.49. The number of aryl methyl sites for hydroxylation is 1. The largest absolute Gasteiger partial charge is 0.385 e. The van der Waals surface area contributed by atoms with Crippen molar-refractivity contribution in [2.75, 3.05) is 13.1 Å². The second-order valence-corrected chi connectivity index (χ2v) is 8.95. The molecule has 2 aromatic rings. The highest BCUT2D eigenvalue weighted by atomic mass is 32.1. The summed E-state index contributed by atoms with van der Waals surface area (Å²) in [6.45, 7) is 9.64. The lowest BCUT2D eigenvalue weighted by Crippen LogP contribution is -2.35. The SMILES string of the molecule is Cn1ccnc1C(O)C1CCN(Cc2cnc(C(C)(C)C)s2)CC1. The molecule has 0 radical (unpaired) electrons. The fourth-order valence-electron chi connectivity index (χ4n) is 3.25. The molecule has 0 aromatic carbocycles. The van der Waals surface area contributed by atoms with Crippen molar-refractivity contribution >= 4 is 11.3 Å². The van der Waals surface area contributed by atoms with Crippen molar-refractivity contribution in [2.45, 2.75) is 51.7 Å². The fourth-order valence-corrected chi connectivity index (χ4v) is 4.26. The van der Waals surface area contributed by atoms with Crippen molar-refractivity contribution in [1.29, 1.82) is 0 Å². The van der Waals surface area contributed by atoms with E-state index in [1.54, 1.807) is 6.20 Å². The second-order valence-electron chi connectivity index (χ2n) is 7.84. The molecule has 1 atom stereocenters. The van der Waals surface area contributed by atoms with E-state index in [4.69, 9.17) is 0 Å². The monoisotopic (exact) mass is 348 g/mol. The maximum atomic E-state index is 10.6. The van der Waals surface area contributed by atoms with Crippen LogP contribution in [0.4, 0.5) is 0 Å². The zero-order valence-corrected chi connectivity index (χ0v) is 15.9. The Labute approximate surface area is 148 Å². The van der Waals surface area contributed by atoms with Crippen molar-refractivity contribution in [3.05, 3.63) is 34.3 Å². The quantitative estimate of drug-likeness (QED) is 0.922. The first kappa shape index (κ1) is 17.6. The summed E-state index contributed by atoms with van der Waals surface area (Å²) in [6, 6.07) is 0. The molecule has 3 heterocycles. The number of aliphatic hydroxyl groups excluding tert-OH is 1. The Hall–Kier alpha value is -1.24. The van der Waals surface area contributed by atoms with Gasteiger partial charge in [0, 0.05) is 42.5 Å². The number of likely N-dealkylation sites (tertiary alicyclic amines) is 1. The van der Waals surface area contributed by atoms with E-state index in [1.165, 1.54) is 9.88 Å². The van der Waals surface area contributed by atoms with E-state index in [0.717, 1.165) is 38.3 Å². The van der Waals surface area contributed by atoms with Crippen LogP contribution in [-0.2, 0) is 19.0 Å². The Morgan fingerprint density at radius 2 is 2.00 bits per heavy atom. The van der Waals surface area contributed by atoms with Gasteiger partial charge < -0.3 is 9.67 Å². The van der Waals surface area contributed by atoms with Crippen molar-refractivity contribution in [1.82, 2.24) is 19.4 Å².